The smallest absolute Gasteiger partial charge is 0.245 e. The largest absolute Gasteiger partial charge is 0.379 e. The van der Waals surface area contributed by atoms with E-state index in [4.69, 9.17) is 9.47 Å². The average molecular weight is 898 g/mol. The van der Waals surface area contributed by atoms with Crippen molar-refractivity contribution in [1.82, 2.24) is 35.6 Å². The van der Waals surface area contributed by atoms with Crippen LogP contribution in [0.25, 0.3) is 0 Å². The van der Waals surface area contributed by atoms with E-state index in [1.807, 2.05) is 103 Å². The van der Waals surface area contributed by atoms with Gasteiger partial charge in [-0.1, -0.05) is 99.1 Å². The van der Waals surface area contributed by atoms with Crippen LogP contribution < -0.4 is 16.0 Å². The molecule has 3 N–H and O–H groups in total. The van der Waals surface area contributed by atoms with Crippen LogP contribution in [0.2, 0.25) is 0 Å². The summed E-state index contributed by atoms with van der Waals surface area (Å²) >= 11 is 1.50. The maximum Gasteiger partial charge on any atom is 0.245 e. The Morgan fingerprint density at radius 3 is 2.08 bits per heavy atom. The number of hydrogen-bond acceptors (Lipinski definition) is 10. The number of benzene rings is 1. The normalized spacial score (nSPS) is 18.6. The van der Waals surface area contributed by atoms with Crippen LogP contribution in [-0.2, 0) is 39.9 Å². The number of nitrogens with one attached hydrogen (secondary N) is 3. The van der Waals surface area contributed by atoms with Gasteiger partial charge in [-0.2, -0.15) is 0 Å². The lowest BCUT2D eigenvalue weighted by molar-refractivity contribution is -0.149. The number of amides is 5. The predicted octanol–water partition coefficient (Wildman–Crippen LogP) is 5.72. The zero-order chi connectivity index (χ0) is 47.1. The molecule has 0 unspecified atom stereocenters. The van der Waals surface area contributed by atoms with Gasteiger partial charge >= 0.3 is 0 Å². The van der Waals surface area contributed by atoms with Gasteiger partial charge in [0.1, 0.15) is 17.1 Å². The van der Waals surface area contributed by atoms with Crippen LogP contribution in [0.15, 0.2) is 41.9 Å². The van der Waals surface area contributed by atoms with Crippen molar-refractivity contribution < 1.29 is 33.4 Å². The van der Waals surface area contributed by atoms with E-state index in [2.05, 4.69) is 20.9 Å². The maximum atomic E-state index is 14.6. The van der Waals surface area contributed by atoms with E-state index in [9.17, 15) is 24.0 Å². The molecular formula is C48H79N7O7S. The summed E-state index contributed by atoms with van der Waals surface area (Å²) in [7, 11) is 8.26. The molecular weight excluding hydrogens is 819 g/mol. The molecule has 0 radical (unpaired) electrons. The van der Waals surface area contributed by atoms with Crippen molar-refractivity contribution in [2.75, 3.05) is 41.9 Å². The number of hydrogen-bond donors (Lipinski definition) is 3. The van der Waals surface area contributed by atoms with Gasteiger partial charge in [-0.15, -0.1) is 11.3 Å². The van der Waals surface area contributed by atoms with Gasteiger partial charge in [0, 0.05) is 46.4 Å². The summed E-state index contributed by atoms with van der Waals surface area (Å²) in [5, 5.41) is 12.1. The third kappa shape index (κ3) is 14.3. The summed E-state index contributed by atoms with van der Waals surface area (Å²) in [6.45, 7) is 18.1. The Morgan fingerprint density at radius 1 is 0.889 bits per heavy atom. The summed E-state index contributed by atoms with van der Waals surface area (Å²) in [4.78, 5) is 80.2. The molecule has 15 heteroatoms. The van der Waals surface area contributed by atoms with Gasteiger partial charge in [-0.25, -0.2) is 4.98 Å². The van der Waals surface area contributed by atoms with E-state index in [0.29, 0.717) is 32.2 Å². The molecule has 1 aromatic carbocycles. The van der Waals surface area contributed by atoms with E-state index in [0.717, 1.165) is 17.0 Å². The van der Waals surface area contributed by atoms with E-state index in [1.54, 1.807) is 46.5 Å². The Morgan fingerprint density at radius 2 is 1.56 bits per heavy atom. The second-order valence-corrected chi connectivity index (χ2v) is 19.5. The maximum absolute atomic E-state index is 14.6. The molecule has 1 fully saturated rings. The minimum atomic E-state index is -0.899. The Labute approximate surface area is 382 Å². The van der Waals surface area contributed by atoms with Crippen LogP contribution >= 0.6 is 11.3 Å². The van der Waals surface area contributed by atoms with E-state index < -0.39 is 48.2 Å². The van der Waals surface area contributed by atoms with Crippen molar-refractivity contribution in [2.45, 2.75) is 149 Å². The second kappa shape index (κ2) is 25.5. The monoisotopic (exact) mass is 898 g/mol. The van der Waals surface area contributed by atoms with Crippen LogP contribution in [0, 0.1) is 29.6 Å². The topological polar surface area (TPSA) is 163 Å². The molecule has 0 saturated carbocycles. The van der Waals surface area contributed by atoms with E-state index >= 15 is 0 Å². The molecule has 0 aliphatic carbocycles. The standard InChI is InChI=1S/C48H79N7O7S/c1-15-32(8)42(54(12)48(60)40(30(4)5)52-45(58)41(31(6)7)53(11)47(59)36(49-10)26-29(2)3)38(61-13)28-39(56)55-24-19-22-37(55)43(62-14)33(9)44(57)51-35(46-50-23-25-63-46)27-34-20-17-16-18-21-34/h16-18,20-21,23,25,29-33,35-38,40-43,49H,15,19,22,24,26-28H2,1-14H3,(H,51,57)(H,52,58)/t32-,33+,35-,36-,37-,38-,40-,41-,42-,43+/m0/s1. The SMILES string of the molecule is CC[C@H](C)[C@@H]([C@H](CC(=O)N1CCC[C@H]1[C@H](OC)[C@@H](C)C(=O)N[C@@H](Cc1ccccc1)c1nccs1)OC)N(C)C(=O)[C@@H](NC(=O)[C@H](C(C)C)N(C)C(=O)[C@H](CC(C)C)NC)C(C)C. The van der Waals surface area contributed by atoms with Gasteiger partial charge in [0.15, 0.2) is 0 Å². The minimum absolute atomic E-state index is 0.00385. The molecule has 2 aromatic rings. The van der Waals surface area contributed by atoms with Gasteiger partial charge in [0.25, 0.3) is 0 Å². The zero-order valence-corrected chi connectivity index (χ0v) is 41.4. The van der Waals surface area contributed by atoms with Crippen molar-refractivity contribution in [3.63, 3.8) is 0 Å². The number of aromatic nitrogens is 1. The number of carbonyl (C=O) groups is 5. The summed E-state index contributed by atoms with van der Waals surface area (Å²) in [5.41, 5.74) is 1.08. The highest BCUT2D eigenvalue weighted by Gasteiger charge is 2.44. The number of likely N-dealkylation sites (N-methyl/N-ethyl adjacent to an activating group) is 3. The quantitative estimate of drug-likeness (QED) is 0.113. The number of likely N-dealkylation sites (tertiary alicyclic amines) is 1. The molecule has 1 aromatic heterocycles. The first-order chi connectivity index (χ1) is 29.8. The summed E-state index contributed by atoms with van der Waals surface area (Å²) in [5.74, 6) is -2.09. The molecule has 14 nitrogen and oxygen atoms in total. The number of nitrogens with zero attached hydrogens (tertiary/aromatic N) is 4. The fourth-order valence-corrected chi connectivity index (χ4v) is 9.85. The van der Waals surface area contributed by atoms with Gasteiger partial charge in [-0.05, 0) is 62.0 Å². The lowest BCUT2D eigenvalue weighted by atomic mass is 9.89. The highest BCUT2D eigenvalue weighted by Crippen LogP contribution is 2.31. The van der Waals surface area contributed by atoms with Crippen LogP contribution in [0.1, 0.15) is 111 Å². The molecule has 354 valence electrons. The Hall–Kier alpha value is -3.92. The molecule has 3 rings (SSSR count). The highest BCUT2D eigenvalue weighted by atomic mass is 32.1. The Bertz CT molecular complexity index is 1730. The number of thiazole rings is 1. The average Bonchev–Trinajstić information content (AvgIpc) is 3.98. The van der Waals surface area contributed by atoms with Gasteiger partial charge in [-0.3, -0.25) is 24.0 Å². The van der Waals surface area contributed by atoms with Crippen LogP contribution in [-0.4, -0.2) is 134 Å². The summed E-state index contributed by atoms with van der Waals surface area (Å²) < 4.78 is 12.2. The third-order valence-electron chi connectivity index (χ3n) is 12.9. The van der Waals surface area contributed by atoms with Crippen molar-refractivity contribution in [1.29, 1.82) is 0 Å². The van der Waals surface area contributed by atoms with Gasteiger partial charge in [0.05, 0.1) is 48.7 Å². The van der Waals surface area contributed by atoms with Crippen LogP contribution in [0.5, 0.6) is 0 Å². The van der Waals surface area contributed by atoms with Gasteiger partial charge < -0.3 is 40.1 Å². The first-order valence-corrected chi connectivity index (χ1v) is 23.8. The molecule has 1 aliphatic rings. The lowest BCUT2D eigenvalue weighted by Crippen LogP contribution is -2.61. The van der Waals surface area contributed by atoms with Crippen LogP contribution in [0.3, 0.4) is 0 Å². The van der Waals surface area contributed by atoms with Crippen LogP contribution in [0.4, 0.5) is 0 Å². The minimum Gasteiger partial charge on any atom is -0.379 e. The van der Waals surface area contributed by atoms with Gasteiger partial charge in [0.2, 0.25) is 29.5 Å². The molecule has 5 amide bonds. The summed E-state index contributed by atoms with van der Waals surface area (Å²) in [6, 6.07) is 6.66. The highest BCUT2D eigenvalue weighted by molar-refractivity contribution is 7.09. The fraction of sp³-hybridized carbons (Fsp3) is 0.708. The molecule has 0 bridgehead atoms. The molecule has 1 saturated heterocycles. The number of methoxy groups -OCH3 is 2. The molecule has 1 aliphatic heterocycles. The number of carbonyl (C=O) groups excluding carboxylic acids is 5. The Kier molecular flexibility index (Phi) is 21.7. The van der Waals surface area contributed by atoms with Crippen molar-refractivity contribution in [3.8, 4) is 0 Å². The molecule has 0 spiro atoms. The van der Waals surface area contributed by atoms with Crippen molar-refractivity contribution in [3.05, 3.63) is 52.5 Å². The summed E-state index contributed by atoms with van der Waals surface area (Å²) in [6.07, 6.45) is 3.85. The lowest BCUT2D eigenvalue weighted by Gasteiger charge is -2.41. The Balaban J connectivity index is 1.81. The van der Waals surface area contributed by atoms with E-state index in [-0.39, 0.29) is 65.8 Å². The fourth-order valence-electron chi connectivity index (χ4n) is 9.16. The zero-order valence-electron chi connectivity index (χ0n) is 40.6. The predicted molar refractivity (Wildman–Crippen MR) is 250 cm³/mol. The van der Waals surface area contributed by atoms with E-state index in [1.165, 1.54) is 16.2 Å². The first-order valence-electron chi connectivity index (χ1n) is 22.9. The molecule has 10 atom stereocenters. The molecule has 2 heterocycles. The second-order valence-electron chi connectivity index (χ2n) is 18.5. The first kappa shape index (κ1) is 53.4. The van der Waals surface area contributed by atoms with Crippen molar-refractivity contribution in [2.24, 2.45) is 29.6 Å². The third-order valence-corrected chi connectivity index (χ3v) is 13.7. The number of ether oxygens (including phenoxy) is 2. The van der Waals surface area contributed by atoms with Crippen molar-refractivity contribution >= 4 is 40.9 Å². The molecule has 63 heavy (non-hydrogen) atoms. The number of rotatable bonds is 25.